The SMILES string of the molecule is CC(C)C(=O)NCc1ccc(C(F)F)c(C(=N)N)c1.Cl. The van der Waals surface area contributed by atoms with E-state index >= 15 is 0 Å². The van der Waals surface area contributed by atoms with Gasteiger partial charge in [0, 0.05) is 23.6 Å². The molecule has 0 heterocycles. The van der Waals surface area contributed by atoms with E-state index in [1.807, 2.05) is 0 Å². The summed E-state index contributed by atoms with van der Waals surface area (Å²) in [5, 5.41) is 9.98. The molecule has 1 aromatic rings. The molecule has 4 nitrogen and oxygen atoms in total. The lowest BCUT2D eigenvalue weighted by Gasteiger charge is -2.11. The van der Waals surface area contributed by atoms with E-state index in [9.17, 15) is 13.6 Å². The van der Waals surface area contributed by atoms with Gasteiger partial charge in [-0.05, 0) is 11.6 Å². The first-order valence-electron chi connectivity index (χ1n) is 5.86. The first-order chi connectivity index (χ1) is 8.82. The van der Waals surface area contributed by atoms with Crippen LogP contribution in [0, 0.1) is 11.3 Å². The molecule has 20 heavy (non-hydrogen) atoms. The Balaban J connectivity index is 0.00000361. The highest BCUT2D eigenvalue weighted by Crippen LogP contribution is 2.23. The Hall–Kier alpha value is -1.69. The van der Waals surface area contributed by atoms with Gasteiger partial charge in [0.2, 0.25) is 5.91 Å². The molecule has 0 aliphatic rings. The predicted octanol–water partition coefficient (Wildman–Crippen LogP) is 2.60. The monoisotopic (exact) mass is 305 g/mol. The van der Waals surface area contributed by atoms with Gasteiger partial charge in [0.25, 0.3) is 6.43 Å². The number of nitrogens with two attached hydrogens (primary N) is 1. The lowest BCUT2D eigenvalue weighted by atomic mass is 10.0. The average molecular weight is 306 g/mol. The van der Waals surface area contributed by atoms with Crippen molar-refractivity contribution in [3.63, 3.8) is 0 Å². The van der Waals surface area contributed by atoms with E-state index in [4.69, 9.17) is 11.1 Å². The highest BCUT2D eigenvalue weighted by molar-refractivity contribution is 5.96. The summed E-state index contributed by atoms with van der Waals surface area (Å²) in [6, 6.07) is 4.14. The highest BCUT2D eigenvalue weighted by Gasteiger charge is 2.15. The number of hydrogen-bond donors (Lipinski definition) is 3. The minimum absolute atomic E-state index is 0. The molecule has 1 rings (SSSR count). The van der Waals surface area contributed by atoms with Crippen molar-refractivity contribution in [2.75, 3.05) is 0 Å². The van der Waals surface area contributed by atoms with Gasteiger partial charge in [-0.25, -0.2) is 8.78 Å². The molecule has 0 bridgehead atoms. The van der Waals surface area contributed by atoms with Gasteiger partial charge in [-0.15, -0.1) is 12.4 Å². The van der Waals surface area contributed by atoms with Gasteiger partial charge < -0.3 is 11.1 Å². The lowest BCUT2D eigenvalue weighted by molar-refractivity contribution is -0.124. The van der Waals surface area contributed by atoms with Crippen LogP contribution in [0.2, 0.25) is 0 Å². The Morgan fingerprint density at radius 1 is 1.40 bits per heavy atom. The fourth-order valence-corrected chi connectivity index (χ4v) is 1.53. The number of carbonyl (C=O) groups is 1. The second-order valence-corrected chi connectivity index (χ2v) is 4.51. The molecule has 0 unspecified atom stereocenters. The zero-order valence-corrected chi connectivity index (χ0v) is 12.1. The molecule has 0 aromatic heterocycles. The van der Waals surface area contributed by atoms with Crippen LogP contribution in [0.15, 0.2) is 18.2 Å². The van der Waals surface area contributed by atoms with Crippen LogP contribution in [0.25, 0.3) is 0 Å². The number of halogens is 3. The minimum Gasteiger partial charge on any atom is -0.384 e. The van der Waals surface area contributed by atoms with Gasteiger partial charge in [-0.1, -0.05) is 26.0 Å². The number of amidine groups is 1. The topological polar surface area (TPSA) is 79.0 Å². The molecule has 0 aliphatic carbocycles. The first-order valence-corrected chi connectivity index (χ1v) is 5.86. The summed E-state index contributed by atoms with van der Waals surface area (Å²) in [7, 11) is 0. The summed E-state index contributed by atoms with van der Waals surface area (Å²) in [5.41, 5.74) is 5.65. The smallest absolute Gasteiger partial charge is 0.264 e. The van der Waals surface area contributed by atoms with Crippen LogP contribution in [0.1, 0.15) is 37.0 Å². The molecule has 0 atom stereocenters. The predicted molar refractivity (Wildman–Crippen MR) is 76.3 cm³/mol. The zero-order chi connectivity index (χ0) is 14.6. The number of benzene rings is 1. The number of rotatable bonds is 5. The second-order valence-electron chi connectivity index (χ2n) is 4.51. The fourth-order valence-electron chi connectivity index (χ4n) is 1.53. The molecule has 1 aromatic carbocycles. The van der Waals surface area contributed by atoms with Crippen molar-refractivity contribution in [1.29, 1.82) is 5.41 Å². The molecule has 112 valence electrons. The second kappa shape index (κ2) is 7.79. The van der Waals surface area contributed by atoms with Crippen LogP contribution in [0.4, 0.5) is 8.78 Å². The maximum atomic E-state index is 12.7. The number of nitrogens with one attached hydrogen (secondary N) is 2. The molecule has 0 radical (unpaired) electrons. The van der Waals surface area contributed by atoms with Crippen molar-refractivity contribution in [3.8, 4) is 0 Å². The van der Waals surface area contributed by atoms with Crippen LogP contribution in [-0.2, 0) is 11.3 Å². The van der Waals surface area contributed by atoms with Crippen molar-refractivity contribution in [2.45, 2.75) is 26.8 Å². The standard InChI is InChI=1S/C13H17F2N3O.ClH/c1-7(2)13(19)18-6-8-3-4-9(11(14)15)10(5-8)12(16)17;/h3-5,7,11H,6H2,1-2H3,(H3,16,17)(H,18,19);1H. The van der Waals surface area contributed by atoms with Crippen LogP contribution < -0.4 is 11.1 Å². The van der Waals surface area contributed by atoms with E-state index in [-0.39, 0.29) is 41.9 Å². The van der Waals surface area contributed by atoms with Gasteiger partial charge in [0.05, 0.1) is 0 Å². The Labute approximate surface area is 122 Å². The molecular formula is C13H18ClF2N3O. The third-order valence-corrected chi connectivity index (χ3v) is 2.63. The Kier molecular flexibility index (Phi) is 7.13. The van der Waals surface area contributed by atoms with Crippen LogP contribution in [0.3, 0.4) is 0 Å². The van der Waals surface area contributed by atoms with E-state index in [0.29, 0.717) is 5.56 Å². The van der Waals surface area contributed by atoms with Crippen LogP contribution >= 0.6 is 12.4 Å². The fraction of sp³-hybridized carbons (Fsp3) is 0.385. The van der Waals surface area contributed by atoms with Crippen molar-refractivity contribution < 1.29 is 13.6 Å². The van der Waals surface area contributed by atoms with Crippen LogP contribution in [-0.4, -0.2) is 11.7 Å². The Morgan fingerprint density at radius 3 is 2.45 bits per heavy atom. The van der Waals surface area contributed by atoms with E-state index in [1.165, 1.54) is 18.2 Å². The van der Waals surface area contributed by atoms with Gasteiger partial charge in [-0.3, -0.25) is 10.2 Å². The minimum atomic E-state index is -2.68. The maximum absolute atomic E-state index is 12.7. The van der Waals surface area contributed by atoms with E-state index in [1.54, 1.807) is 13.8 Å². The number of alkyl halides is 2. The molecule has 0 saturated carbocycles. The van der Waals surface area contributed by atoms with Crippen molar-refractivity contribution in [1.82, 2.24) is 5.32 Å². The van der Waals surface area contributed by atoms with Crippen molar-refractivity contribution in [3.05, 3.63) is 34.9 Å². The van der Waals surface area contributed by atoms with Gasteiger partial charge in [0.1, 0.15) is 5.84 Å². The molecule has 0 aliphatic heterocycles. The van der Waals surface area contributed by atoms with Gasteiger partial charge in [-0.2, -0.15) is 0 Å². The summed E-state index contributed by atoms with van der Waals surface area (Å²) < 4.78 is 25.4. The maximum Gasteiger partial charge on any atom is 0.264 e. The highest BCUT2D eigenvalue weighted by atomic mass is 35.5. The summed E-state index contributed by atoms with van der Waals surface area (Å²) in [5.74, 6) is -0.678. The Bertz CT molecular complexity index is 493. The van der Waals surface area contributed by atoms with Crippen molar-refractivity contribution in [2.24, 2.45) is 11.7 Å². The summed E-state index contributed by atoms with van der Waals surface area (Å²) in [6.07, 6.45) is -2.68. The number of nitrogen functional groups attached to an aromatic ring is 1. The molecule has 0 saturated heterocycles. The van der Waals surface area contributed by atoms with E-state index < -0.39 is 12.3 Å². The van der Waals surface area contributed by atoms with Crippen molar-refractivity contribution >= 4 is 24.1 Å². The number of hydrogen-bond acceptors (Lipinski definition) is 2. The molecule has 0 fully saturated rings. The quantitative estimate of drug-likeness (QED) is 0.577. The average Bonchev–Trinajstić information content (AvgIpc) is 2.35. The lowest BCUT2D eigenvalue weighted by Crippen LogP contribution is -2.27. The molecule has 1 amide bonds. The zero-order valence-electron chi connectivity index (χ0n) is 11.2. The normalized spacial score (nSPS) is 10.3. The van der Waals surface area contributed by atoms with Gasteiger partial charge >= 0.3 is 0 Å². The third kappa shape index (κ3) is 4.77. The summed E-state index contributed by atoms with van der Waals surface area (Å²) in [6.45, 7) is 3.74. The first kappa shape index (κ1) is 18.3. The molecule has 0 spiro atoms. The third-order valence-electron chi connectivity index (χ3n) is 2.63. The largest absolute Gasteiger partial charge is 0.384 e. The van der Waals surface area contributed by atoms with E-state index in [2.05, 4.69) is 5.32 Å². The summed E-state index contributed by atoms with van der Waals surface area (Å²) in [4.78, 5) is 11.4. The Morgan fingerprint density at radius 2 is 2.00 bits per heavy atom. The van der Waals surface area contributed by atoms with Gasteiger partial charge in [0.15, 0.2) is 0 Å². The summed E-state index contributed by atoms with van der Waals surface area (Å²) >= 11 is 0. The van der Waals surface area contributed by atoms with E-state index in [0.717, 1.165) is 0 Å². The molecule has 7 heteroatoms. The van der Waals surface area contributed by atoms with Crippen LogP contribution in [0.5, 0.6) is 0 Å². The molecular weight excluding hydrogens is 288 g/mol. The molecule has 4 N–H and O–H groups in total. The number of carbonyl (C=O) groups excluding carboxylic acids is 1. The number of amides is 1.